The van der Waals surface area contributed by atoms with Crippen molar-refractivity contribution in [1.29, 1.82) is 0 Å². The summed E-state index contributed by atoms with van der Waals surface area (Å²) in [5.74, 6) is 1.04. The summed E-state index contributed by atoms with van der Waals surface area (Å²) < 4.78 is 0. The van der Waals surface area contributed by atoms with E-state index < -0.39 is 0 Å². The highest BCUT2D eigenvalue weighted by molar-refractivity contribution is 6.09. The van der Waals surface area contributed by atoms with Gasteiger partial charge in [0.1, 0.15) is 5.82 Å². The molecule has 0 radical (unpaired) electrons. The van der Waals surface area contributed by atoms with Gasteiger partial charge in [0.25, 0.3) is 0 Å². The van der Waals surface area contributed by atoms with Gasteiger partial charge in [0.2, 0.25) is 0 Å². The van der Waals surface area contributed by atoms with E-state index in [1.165, 1.54) is 12.8 Å². The van der Waals surface area contributed by atoms with E-state index in [1.807, 2.05) is 43.3 Å². The summed E-state index contributed by atoms with van der Waals surface area (Å²) in [5, 5.41) is 0. The number of hydrogen-bond acceptors (Lipinski definition) is 3. The molecule has 0 atom stereocenters. The van der Waals surface area contributed by atoms with Crippen LogP contribution in [0.3, 0.4) is 0 Å². The fraction of sp³-hybridized carbons (Fsp3) is 0.294. The molecular weight excluding hydrogens is 248 g/mol. The Morgan fingerprint density at radius 1 is 1.15 bits per heavy atom. The van der Waals surface area contributed by atoms with Gasteiger partial charge in [-0.2, -0.15) is 0 Å². The Morgan fingerprint density at radius 2 is 1.85 bits per heavy atom. The number of aromatic nitrogens is 1. The van der Waals surface area contributed by atoms with Crippen LogP contribution >= 0.6 is 0 Å². The van der Waals surface area contributed by atoms with Crippen LogP contribution in [0.5, 0.6) is 0 Å². The Bertz CT molecular complexity index is 616. The molecule has 0 N–H and O–H groups in total. The van der Waals surface area contributed by atoms with Crippen molar-refractivity contribution >= 4 is 11.6 Å². The van der Waals surface area contributed by atoms with Crippen LogP contribution < -0.4 is 4.90 Å². The number of carbonyl (C=O) groups excluding carboxylic acids is 1. The number of anilines is 1. The van der Waals surface area contributed by atoms with Crippen LogP contribution in [-0.2, 0) is 0 Å². The lowest BCUT2D eigenvalue weighted by molar-refractivity contribution is 0.103. The second-order valence-corrected chi connectivity index (χ2v) is 5.25. The number of pyridine rings is 1. The predicted molar refractivity (Wildman–Crippen MR) is 80.3 cm³/mol. The second kappa shape index (κ2) is 5.45. The summed E-state index contributed by atoms with van der Waals surface area (Å²) in [7, 11) is 0. The van der Waals surface area contributed by atoms with Gasteiger partial charge in [0, 0.05) is 30.4 Å². The topological polar surface area (TPSA) is 33.2 Å². The van der Waals surface area contributed by atoms with Gasteiger partial charge in [-0.05, 0) is 31.4 Å². The van der Waals surface area contributed by atoms with Crippen molar-refractivity contribution in [2.24, 2.45) is 0 Å². The zero-order valence-electron chi connectivity index (χ0n) is 11.7. The van der Waals surface area contributed by atoms with Crippen LogP contribution in [0.25, 0.3) is 0 Å². The van der Waals surface area contributed by atoms with E-state index in [-0.39, 0.29) is 5.78 Å². The average Bonchev–Trinajstić information content (AvgIpc) is 3.01. The molecule has 3 nitrogen and oxygen atoms in total. The van der Waals surface area contributed by atoms with Crippen LogP contribution in [0, 0.1) is 6.92 Å². The van der Waals surface area contributed by atoms with Crippen molar-refractivity contribution in [3.05, 3.63) is 59.3 Å². The minimum atomic E-state index is 0.0450. The molecule has 0 amide bonds. The number of nitrogens with zero attached hydrogens (tertiary/aromatic N) is 2. The average molecular weight is 266 g/mol. The first-order chi connectivity index (χ1) is 9.75. The maximum absolute atomic E-state index is 12.4. The van der Waals surface area contributed by atoms with Gasteiger partial charge in [-0.1, -0.05) is 30.3 Å². The first-order valence-corrected chi connectivity index (χ1v) is 7.07. The molecule has 1 aromatic heterocycles. The number of ketones is 1. The molecule has 0 bridgehead atoms. The molecule has 2 aromatic rings. The first kappa shape index (κ1) is 12.9. The highest BCUT2D eigenvalue weighted by Crippen LogP contribution is 2.21. The van der Waals surface area contributed by atoms with Crippen molar-refractivity contribution < 1.29 is 4.79 Å². The summed E-state index contributed by atoms with van der Waals surface area (Å²) >= 11 is 0. The predicted octanol–water partition coefficient (Wildman–Crippen LogP) is 3.22. The van der Waals surface area contributed by atoms with E-state index in [2.05, 4.69) is 9.88 Å². The van der Waals surface area contributed by atoms with Crippen LogP contribution in [0.4, 0.5) is 5.82 Å². The summed E-state index contributed by atoms with van der Waals surface area (Å²) in [6.45, 7) is 4.12. The fourth-order valence-corrected chi connectivity index (χ4v) is 2.64. The largest absolute Gasteiger partial charge is 0.357 e. The number of aryl methyl sites for hydroxylation is 1. The molecule has 2 heterocycles. The molecule has 3 heteroatoms. The molecule has 0 saturated carbocycles. The van der Waals surface area contributed by atoms with Crippen LogP contribution in [0.15, 0.2) is 42.6 Å². The maximum Gasteiger partial charge on any atom is 0.194 e. The molecule has 1 fully saturated rings. The van der Waals surface area contributed by atoms with Gasteiger partial charge in [0.15, 0.2) is 5.78 Å². The van der Waals surface area contributed by atoms with E-state index in [0.29, 0.717) is 11.1 Å². The molecule has 0 spiro atoms. The van der Waals surface area contributed by atoms with E-state index in [0.717, 1.165) is 24.5 Å². The quantitative estimate of drug-likeness (QED) is 0.800. The highest BCUT2D eigenvalue weighted by Gasteiger charge is 2.17. The zero-order chi connectivity index (χ0) is 13.9. The summed E-state index contributed by atoms with van der Waals surface area (Å²) in [4.78, 5) is 19.2. The maximum atomic E-state index is 12.4. The third-order valence-corrected chi connectivity index (χ3v) is 3.81. The van der Waals surface area contributed by atoms with Gasteiger partial charge in [-0.3, -0.25) is 4.79 Å². The number of benzene rings is 1. The molecule has 0 unspecified atom stereocenters. The van der Waals surface area contributed by atoms with Gasteiger partial charge in [-0.15, -0.1) is 0 Å². The number of hydrogen-bond donors (Lipinski definition) is 0. The molecule has 1 saturated heterocycles. The van der Waals surface area contributed by atoms with E-state index in [1.54, 1.807) is 6.20 Å². The molecule has 3 rings (SSSR count). The minimum absolute atomic E-state index is 0.0450. The van der Waals surface area contributed by atoms with Gasteiger partial charge < -0.3 is 4.90 Å². The summed E-state index contributed by atoms with van der Waals surface area (Å²) in [6.07, 6.45) is 4.18. The third kappa shape index (κ3) is 2.44. The Balaban J connectivity index is 1.89. The van der Waals surface area contributed by atoms with Crippen LogP contribution in [-0.4, -0.2) is 23.9 Å². The molecule has 102 valence electrons. The molecule has 20 heavy (non-hydrogen) atoms. The Hall–Kier alpha value is -2.16. The Kier molecular flexibility index (Phi) is 3.50. The van der Waals surface area contributed by atoms with Gasteiger partial charge >= 0.3 is 0 Å². The minimum Gasteiger partial charge on any atom is -0.357 e. The third-order valence-electron chi connectivity index (χ3n) is 3.81. The smallest absolute Gasteiger partial charge is 0.194 e. The van der Waals surface area contributed by atoms with Gasteiger partial charge in [0.05, 0.1) is 0 Å². The fourth-order valence-electron chi connectivity index (χ4n) is 2.64. The lowest BCUT2D eigenvalue weighted by Crippen LogP contribution is -2.19. The lowest BCUT2D eigenvalue weighted by Gasteiger charge is -2.17. The van der Waals surface area contributed by atoms with E-state index >= 15 is 0 Å². The van der Waals surface area contributed by atoms with Crippen molar-refractivity contribution in [2.45, 2.75) is 19.8 Å². The van der Waals surface area contributed by atoms with Crippen LogP contribution in [0.1, 0.15) is 34.3 Å². The van der Waals surface area contributed by atoms with Crippen molar-refractivity contribution in [3.63, 3.8) is 0 Å². The summed E-state index contributed by atoms with van der Waals surface area (Å²) in [5.41, 5.74) is 2.40. The van der Waals surface area contributed by atoms with Gasteiger partial charge in [-0.25, -0.2) is 4.98 Å². The monoisotopic (exact) mass is 266 g/mol. The SMILES string of the molecule is Cc1cc(N2CCCC2)ncc1C(=O)c1ccccc1. The summed E-state index contributed by atoms with van der Waals surface area (Å²) in [6, 6.07) is 11.4. The highest BCUT2D eigenvalue weighted by atomic mass is 16.1. The molecule has 1 aliphatic heterocycles. The van der Waals surface area contributed by atoms with E-state index in [9.17, 15) is 4.79 Å². The first-order valence-electron chi connectivity index (χ1n) is 7.07. The molecule has 0 aliphatic carbocycles. The Morgan fingerprint density at radius 3 is 2.50 bits per heavy atom. The molecule has 1 aromatic carbocycles. The zero-order valence-corrected chi connectivity index (χ0v) is 11.7. The van der Waals surface area contributed by atoms with Crippen molar-refractivity contribution in [1.82, 2.24) is 4.98 Å². The van der Waals surface area contributed by atoms with Crippen molar-refractivity contribution in [2.75, 3.05) is 18.0 Å². The lowest BCUT2D eigenvalue weighted by atomic mass is 10.0. The number of rotatable bonds is 3. The standard InChI is InChI=1S/C17H18N2O/c1-13-11-16(19-9-5-6-10-19)18-12-15(13)17(20)14-7-3-2-4-8-14/h2-4,7-8,11-12H,5-6,9-10H2,1H3. The second-order valence-electron chi connectivity index (χ2n) is 5.25. The molecule has 1 aliphatic rings. The van der Waals surface area contributed by atoms with Crippen LogP contribution in [0.2, 0.25) is 0 Å². The normalized spacial score (nSPS) is 14.6. The number of carbonyl (C=O) groups is 1. The molecular formula is C17H18N2O. The van der Waals surface area contributed by atoms with E-state index in [4.69, 9.17) is 0 Å². The Labute approximate surface area is 119 Å². The van der Waals surface area contributed by atoms with Crippen molar-refractivity contribution in [3.8, 4) is 0 Å².